The molecule has 2 saturated heterocycles. The highest BCUT2D eigenvalue weighted by Gasteiger charge is 2.31. The minimum Gasteiger partial charge on any atom is -0.398 e. The van der Waals surface area contributed by atoms with E-state index in [0.29, 0.717) is 10.3 Å². The molecule has 2 fully saturated rings. The lowest BCUT2D eigenvalue weighted by molar-refractivity contribution is -0.0328. The van der Waals surface area contributed by atoms with E-state index < -0.39 is 5.51 Å². The summed E-state index contributed by atoms with van der Waals surface area (Å²) in [6.07, 6.45) is 13.7. The second kappa shape index (κ2) is 28.3. The number of nitrogen functional groups attached to an aromatic ring is 1. The van der Waals surface area contributed by atoms with Crippen molar-refractivity contribution in [3.8, 4) is 0 Å². The van der Waals surface area contributed by atoms with E-state index in [1.807, 2.05) is 37.7 Å². The highest BCUT2D eigenvalue weighted by Crippen LogP contribution is 2.44. The van der Waals surface area contributed by atoms with Gasteiger partial charge in [0.05, 0.1) is 0 Å². The number of carbonyl (C=O) groups is 1. The molecule has 2 aliphatic heterocycles. The molecule has 0 atom stereocenters. The number of allylic oxidation sites excluding steroid dienone is 5. The van der Waals surface area contributed by atoms with Crippen molar-refractivity contribution < 1.29 is 18.0 Å². The molecule has 3 aromatic rings. The van der Waals surface area contributed by atoms with Crippen LogP contribution in [0, 0.1) is 5.41 Å². The summed E-state index contributed by atoms with van der Waals surface area (Å²) < 4.78 is 39.2. The number of nitrogens with zero attached hydrogens (tertiary/aromatic N) is 3. The van der Waals surface area contributed by atoms with Crippen LogP contribution in [-0.4, -0.2) is 99.8 Å². The highest BCUT2D eigenvalue weighted by molar-refractivity contribution is 8.00. The first-order valence-electron chi connectivity index (χ1n) is 22.7. The van der Waals surface area contributed by atoms with Crippen molar-refractivity contribution in [2.45, 2.75) is 92.8 Å². The quantitative estimate of drug-likeness (QED) is 0.0478. The molecule has 0 bridgehead atoms. The van der Waals surface area contributed by atoms with E-state index in [4.69, 9.17) is 17.3 Å². The normalized spacial score (nSPS) is 18.0. The summed E-state index contributed by atoms with van der Waals surface area (Å²) >= 11 is 9.23. The van der Waals surface area contributed by atoms with E-state index in [1.165, 1.54) is 111 Å². The first-order valence-corrected chi connectivity index (χ1v) is 25.7. The van der Waals surface area contributed by atoms with Crippen LogP contribution in [0.4, 0.5) is 24.5 Å². The van der Waals surface area contributed by atoms with Gasteiger partial charge in [0.15, 0.2) is 0 Å². The summed E-state index contributed by atoms with van der Waals surface area (Å²) in [5.41, 5.74) is 8.39. The highest BCUT2D eigenvalue weighted by atomic mass is 35.5. The number of anilines is 2. The van der Waals surface area contributed by atoms with Gasteiger partial charge in [-0.05, 0) is 165 Å². The van der Waals surface area contributed by atoms with Gasteiger partial charge >= 0.3 is 5.51 Å². The Morgan fingerprint density at radius 3 is 2.19 bits per heavy atom. The standard InChI is InChI=1S/C26H33ClN2O.C14H22N2S.C8H9F3N2S2.C2H6/c1-26(2)12-11-25(21-5-7-23(27)8-6-21)22(17-26)18-28-13-15-29(16-14-28)24-9-3-20(19-30)4-10-24;1-2-6-14(7-3-1)17-13-5-4-10-16-11-8-15-9-12-16;1-13-15-5-2-3-6(12)7(4-5)14-8(9,10)11;1-2/h3-5,7,9-10,19H,6,8,11-18H2,1-2H3;1-3,6-7,15H,4-5,8-13H2;2-4,13H,12H2,1H3;1-2H3. The van der Waals surface area contributed by atoms with Gasteiger partial charge in [0.1, 0.15) is 6.29 Å². The molecule has 3 aromatic carbocycles. The lowest BCUT2D eigenvalue weighted by atomic mass is 9.72. The van der Waals surface area contributed by atoms with Crippen molar-refractivity contribution in [2.75, 3.05) is 88.9 Å². The first-order chi connectivity index (χ1) is 30.8. The molecule has 14 heteroatoms. The number of halogens is 4. The smallest absolute Gasteiger partial charge is 0.398 e. The number of hydrogen-bond acceptors (Lipinski definition) is 10. The molecular weight excluding hydrogens is 889 g/mol. The molecule has 4 N–H and O–H groups in total. The van der Waals surface area contributed by atoms with Crippen LogP contribution in [-0.2, 0) is 0 Å². The van der Waals surface area contributed by atoms with E-state index in [0.717, 1.165) is 62.4 Å². The molecule has 7 nitrogen and oxygen atoms in total. The number of hydrogen-bond donors (Lipinski definition) is 3. The third-order valence-corrected chi connectivity index (χ3v) is 14.3. The minimum atomic E-state index is -4.31. The topological polar surface area (TPSA) is 76.9 Å². The van der Waals surface area contributed by atoms with Gasteiger partial charge in [0, 0.05) is 95.6 Å². The zero-order chi connectivity index (χ0) is 46.4. The van der Waals surface area contributed by atoms with E-state index in [9.17, 15) is 18.0 Å². The maximum atomic E-state index is 12.1. The third kappa shape index (κ3) is 19.5. The summed E-state index contributed by atoms with van der Waals surface area (Å²) in [5.74, 6) is 1.25. The predicted octanol–water partition coefficient (Wildman–Crippen LogP) is 12.6. The summed E-state index contributed by atoms with van der Waals surface area (Å²) in [4.78, 5) is 20.6. The van der Waals surface area contributed by atoms with Gasteiger partial charge in [-0.2, -0.15) is 13.2 Å². The zero-order valence-electron chi connectivity index (χ0n) is 38.5. The molecule has 4 aliphatic rings. The number of nitrogens with one attached hydrogen (secondary N) is 2. The number of unbranched alkanes of at least 4 members (excludes halogenated alkanes) is 1. The Morgan fingerprint density at radius 1 is 0.859 bits per heavy atom. The molecule has 2 aliphatic carbocycles. The molecule has 2 heterocycles. The summed E-state index contributed by atoms with van der Waals surface area (Å²) in [5, 5.41) is 4.37. The van der Waals surface area contributed by atoms with Crippen molar-refractivity contribution in [1.82, 2.24) is 19.8 Å². The van der Waals surface area contributed by atoms with E-state index in [-0.39, 0.29) is 22.3 Å². The fourth-order valence-electron chi connectivity index (χ4n) is 8.00. The molecule has 0 radical (unpaired) electrons. The maximum Gasteiger partial charge on any atom is 0.446 e. The number of piperazine rings is 2. The van der Waals surface area contributed by atoms with Crippen molar-refractivity contribution >= 4 is 64.7 Å². The van der Waals surface area contributed by atoms with Crippen LogP contribution in [0.15, 0.2) is 121 Å². The van der Waals surface area contributed by atoms with E-state index in [2.05, 4.69) is 93.2 Å². The van der Waals surface area contributed by atoms with Crippen LogP contribution in [0.1, 0.15) is 83.0 Å². The molecule has 0 saturated carbocycles. The average molecular weight is 960 g/mol. The van der Waals surface area contributed by atoms with Crippen molar-refractivity contribution in [2.24, 2.45) is 5.41 Å². The number of rotatable bonds is 14. The molecule has 64 heavy (non-hydrogen) atoms. The molecule has 0 aromatic heterocycles. The predicted molar refractivity (Wildman–Crippen MR) is 271 cm³/mol. The van der Waals surface area contributed by atoms with Crippen LogP contribution in [0.25, 0.3) is 0 Å². The van der Waals surface area contributed by atoms with Crippen molar-refractivity contribution in [3.63, 3.8) is 0 Å². The largest absolute Gasteiger partial charge is 0.446 e. The Hall–Kier alpha value is -2.88. The van der Waals surface area contributed by atoms with Crippen LogP contribution in [0.5, 0.6) is 0 Å². The van der Waals surface area contributed by atoms with Crippen LogP contribution in [0.3, 0.4) is 0 Å². The Balaban J connectivity index is 0.000000225. The molecule has 352 valence electrons. The summed E-state index contributed by atoms with van der Waals surface area (Å²) in [6.45, 7) is 20.2. The monoisotopic (exact) mass is 958 g/mol. The summed E-state index contributed by atoms with van der Waals surface area (Å²) in [7, 11) is 1.69. The molecule has 7 rings (SSSR count). The van der Waals surface area contributed by atoms with Gasteiger partial charge < -0.3 is 20.9 Å². The number of thioether (sulfide) groups is 2. The average Bonchev–Trinajstić information content (AvgIpc) is 3.29. The number of carbonyl (C=O) groups excluding carboxylic acids is 1. The van der Waals surface area contributed by atoms with Crippen LogP contribution < -0.4 is 20.7 Å². The number of nitrogens with two attached hydrogens (primary N) is 1. The van der Waals surface area contributed by atoms with Gasteiger partial charge in [-0.15, -0.1) is 11.8 Å². The third-order valence-electron chi connectivity index (χ3n) is 11.4. The number of benzene rings is 3. The Bertz CT molecular complexity index is 1930. The fourth-order valence-corrected chi connectivity index (χ4v) is 10.3. The first kappa shape index (κ1) is 53.7. The fraction of sp³-hybridized carbons (Fsp3) is 0.500. The van der Waals surface area contributed by atoms with Crippen molar-refractivity contribution in [1.29, 1.82) is 0 Å². The lowest BCUT2D eigenvalue weighted by Crippen LogP contribution is -2.47. The minimum absolute atomic E-state index is 0.0303. The van der Waals surface area contributed by atoms with Crippen LogP contribution >= 0.6 is 47.1 Å². The zero-order valence-corrected chi connectivity index (χ0v) is 41.7. The van der Waals surface area contributed by atoms with Crippen LogP contribution in [0.2, 0.25) is 0 Å². The van der Waals surface area contributed by atoms with Gasteiger partial charge in [-0.3, -0.25) is 14.4 Å². The van der Waals surface area contributed by atoms with Gasteiger partial charge in [-0.25, -0.2) is 0 Å². The second-order valence-corrected chi connectivity index (χ2v) is 20.6. The molecule has 0 unspecified atom stereocenters. The Morgan fingerprint density at radius 2 is 1.56 bits per heavy atom. The molecule has 0 amide bonds. The van der Waals surface area contributed by atoms with Crippen molar-refractivity contribution in [3.05, 3.63) is 112 Å². The van der Waals surface area contributed by atoms with E-state index in [1.54, 1.807) is 24.3 Å². The Labute approximate surface area is 399 Å². The number of aldehydes is 1. The summed E-state index contributed by atoms with van der Waals surface area (Å²) in [6, 6.07) is 23.2. The van der Waals surface area contributed by atoms with Gasteiger partial charge in [-0.1, -0.05) is 69.1 Å². The number of alkyl halides is 3. The maximum absolute atomic E-state index is 12.1. The van der Waals surface area contributed by atoms with Gasteiger partial charge in [0.25, 0.3) is 0 Å². The SMILES string of the molecule is CC.CC1(C)CCC(C2=CC=C(Cl)CC2)=C(CN2CCN(c3ccc(C=O)cc3)CC2)C1.CNSc1ccc(N)c(SC(F)(F)F)c1.c1ccc(SCCCCN2CCNCC2)cc1. The molecular formula is C50H70ClF3N6OS3. The second-order valence-electron chi connectivity index (χ2n) is 16.7. The lowest BCUT2D eigenvalue weighted by Gasteiger charge is -2.40. The molecule has 0 spiro atoms. The van der Waals surface area contributed by atoms with Gasteiger partial charge in [0.2, 0.25) is 0 Å². The van der Waals surface area contributed by atoms with E-state index >= 15 is 0 Å². The Kier molecular flexibility index (Phi) is 23.8.